The third-order valence-electron chi connectivity index (χ3n) is 8.57. The summed E-state index contributed by atoms with van der Waals surface area (Å²) in [5, 5.41) is 12.9. The molecule has 2 atom stereocenters. The van der Waals surface area contributed by atoms with E-state index in [0.717, 1.165) is 16.0 Å². The summed E-state index contributed by atoms with van der Waals surface area (Å²) >= 11 is 6.06. The van der Waals surface area contributed by atoms with Crippen molar-refractivity contribution >= 4 is 51.7 Å². The quantitative estimate of drug-likeness (QED) is 0.175. The van der Waals surface area contributed by atoms with Crippen molar-refractivity contribution in [2.24, 2.45) is 0 Å². The highest BCUT2D eigenvalue weighted by molar-refractivity contribution is 6.37. The van der Waals surface area contributed by atoms with Crippen molar-refractivity contribution in [3.63, 3.8) is 0 Å². The average molecular weight is 677 g/mol. The van der Waals surface area contributed by atoms with Gasteiger partial charge in [-0.3, -0.25) is 19.2 Å². The number of nitrogens with zero attached hydrogens (tertiary/aromatic N) is 1. The Labute approximate surface area is 285 Å². The normalized spacial score (nSPS) is 17.1. The number of para-hydroxylation sites is 1. The maximum absolute atomic E-state index is 13.7. The molecule has 0 radical (unpaired) electrons. The number of fused-ring (bicyclic) bond motifs is 2. The lowest BCUT2D eigenvalue weighted by molar-refractivity contribution is -0.147. The monoisotopic (exact) mass is 676 g/mol. The van der Waals surface area contributed by atoms with Gasteiger partial charge in [0.05, 0.1) is 41.7 Å². The van der Waals surface area contributed by atoms with Crippen molar-refractivity contribution in [3.05, 3.63) is 152 Å². The van der Waals surface area contributed by atoms with Gasteiger partial charge in [-0.05, 0) is 78.2 Å². The molecule has 2 aliphatic rings. The number of aliphatic hydroxyl groups is 1. The van der Waals surface area contributed by atoms with E-state index >= 15 is 0 Å². The zero-order valence-corrected chi connectivity index (χ0v) is 26.9. The minimum absolute atomic E-state index is 0.0524. The van der Waals surface area contributed by atoms with Gasteiger partial charge in [0.25, 0.3) is 17.7 Å². The minimum atomic E-state index is -0.884. The van der Waals surface area contributed by atoms with Crippen molar-refractivity contribution in [1.82, 2.24) is 0 Å². The number of benzene rings is 4. The highest BCUT2D eigenvalue weighted by Gasteiger charge is 2.37. The number of hydrogen-bond acceptors (Lipinski definition) is 8. The summed E-state index contributed by atoms with van der Waals surface area (Å²) in [6.45, 7) is 1.81. The van der Waals surface area contributed by atoms with Gasteiger partial charge in [-0.2, -0.15) is 0 Å². The number of aliphatic hydroxyl groups excluding tert-OH is 1. The molecule has 49 heavy (non-hydrogen) atoms. The van der Waals surface area contributed by atoms with E-state index in [4.69, 9.17) is 25.5 Å². The molecule has 0 saturated heterocycles. The molecule has 2 aliphatic heterocycles. The summed E-state index contributed by atoms with van der Waals surface area (Å²) in [5.74, 6) is -2.15. The third-order valence-corrected chi connectivity index (χ3v) is 8.81. The summed E-state index contributed by atoms with van der Waals surface area (Å²) in [7, 11) is 0. The summed E-state index contributed by atoms with van der Waals surface area (Å²) in [6, 6.07) is 23.6. The van der Waals surface area contributed by atoms with Crippen LogP contribution in [0.5, 0.6) is 0 Å². The molecule has 0 unspecified atom stereocenters. The molecule has 2 N–H and O–H groups in total. The van der Waals surface area contributed by atoms with Crippen molar-refractivity contribution in [3.8, 4) is 0 Å². The highest BCUT2D eigenvalue weighted by Crippen LogP contribution is 2.35. The van der Waals surface area contributed by atoms with Crippen LogP contribution in [-0.2, 0) is 27.5 Å². The summed E-state index contributed by atoms with van der Waals surface area (Å²) < 4.78 is 17.9. The van der Waals surface area contributed by atoms with Crippen LogP contribution >= 0.6 is 11.6 Å². The molecule has 0 aliphatic carbocycles. The fraction of sp³-hybridized carbons (Fsp3) is 0.158. The van der Waals surface area contributed by atoms with Crippen LogP contribution in [0.4, 0.5) is 11.4 Å². The number of carbonyl (C=O) groups excluding carboxylic acids is 3. The smallest absolute Gasteiger partial charge is 0.290 e. The molecule has 0 saturated carbocycles. The summed E-state index contributed by atoms with van der Waals surface area (Å²) in [6.07, 6.45) is 2.35. The number of rotatable bonds is 8. The highest BCUT2D eigenvalue weighted by atomic mass is 35.5. The third kappa shape index (κ3) is 6.25. The molecule has 0 fully saturated rings. The van der Waals surface area contributed by atoms with Gasteiger partial charge >= 0.3 is 0 Å². The van der Waals surface area contributed by atoms with Crippen LogP contribution in [0.2, 0.25) is 5.02 Å². The number of hydrogen-bond donors (Lipinski definition) is 2. The van der Waals surface area contributed by atoms with Crippen LogP contribution in [-0.4, -0.2) is 29.1 Å². The van der Waals surface area contributed by atoms with Crippen LogP contribution in [0.1, 0.15) is 55.3 Å². The van der Waals surface area contributed by atoms with Gasteiger partial charge in [0, 0.05) is 28.6 Å². The molecular weight excluding hydrogens is 648 g/mol. The van der Waals surface area contributed by atoms with Crippen LogP contribution < -0.4 is 15.6 Å². The van der Waals surface area contributed by atoms with Gasteiger partial charge in [0.1, 0.15) is 5.58 Å². The van der Waals surface area contributed by atoms with E-state index in [0.29, 0.717) is 38.5 Å². The van der Waals surface area contributed by atoms with Gasteiger partial charge in [-0.1, -0.05) is 48.0 Å². The maximum atomic E-state index is 13.7. The molecule has 10 nitrogen and oxygen atoms in total. The van der Waals surface area contributed by atoms with Crippen molar-refractivity contribution in [2.45, 2.75) is 38.8 Å². The van der Waals surface area contributed by atoms with Gasteiger partial charge in [-0.15, -0.1) is 0 Å². The number of nitrogens with one attached hydrogen (secondary N) is 1. The van der Waals surface area contributed by atoms with Gasteiger partial charge in [0.2, 0.25) is 6.29 Å². The molecule has 11 heteroatoms. The number of imide groups is 1. The lowest BCUT2D eigenvalue weighted by Crippen LogP contribution is -2.31. The van der Waals surface area contributed by atoms with Crippen LogP contribution in [0.15, 0.2) is 112 Å². The number of aryl methyl sites for hydroxylation is 1. The molecule has 3 amide bonds. The number of allylic oxidation sites excluding steroid dienone is 1. The second-order valence-electron chi connectivity index (χ2n) is 11.8. The molecular formula is C38H29ClN2O8. The number of amides is 3. The van der Waals surface area contributed by atoms with E-state index in [2.05, 4.69) is 5.32 Å². The molecule has 0 spiro atoms. The van der Waals surface area contributed by atoms with Gasteiger partial charge < -0.3 is 24.3 Å². The maximum Gasteiger partial charge on any atom is 0.290 e. The first-order chi connectivity index (χ1) is 23.7. The second kappa shape index (κ2) is 13.2. The lowest BCUT2D eigenvalue weighted by Gasteiger charge is -2.29. The zero-order valence-electron chi connectivity index (χ0n) is 26.1. The lowest BCUT2D eigenvalue weighted by atomic mass is 9.93. The fourth-order valence-corrected chi connectivity index (χ4v) is 6.19. The number of carbonyl (C=O) groups is 3. The van der Waals surface area contributed by atoms with E-state index < -0.39 is 29.9 Å². The van der Waals surface area contributed by atoms with E-state index in [1.807, 2.05) is 12.1 Å². The minimum Gasteiger partial charge on any atom is -0.464 e. The Hall–Kier alpha value is -5.55. The Morgan fingerprint density at radius 1 is 0.959 bits per heavy atom. The second-order valence-corrected chi connectivity index (χ2v) is 12.2. The van der Waals surface area contributed by atoms with Crippen LogP contribution in [0.25, 0.3) is 11.0 Å². The fourth-order valence-electron chi connectivity index (χ4n) is 6.02. The van der Waals surface area contributed by atoms with E-state index in [1.54, 1.807) is 73.7 Å². The SMILES string of the molecule is Cc1cc(NC(=O)C2=C[C@@H](c3coc4ccccc4c3=O)C[C@@H](OCc3ccc(CO)cc3)O2)ccc1N1C(=O)c2ccc(Cl)cc2C1=O. The van der Waals surface area contributed by atoms with Gasteiger partial charge in [0.15, 0.2) is 11.2 Å². The summed E-state index contributed by atoms with van der Waals surface area (Å²) in [4.78, 5) is 54.5. The van der Waals surface area contributed by atoms with Crippen molar-refractivity contribution in [1.29, 1.82) is 0 Å². The van der Waals surface area contributed by atoms with Crippen LogP contribution in [0.3, 0.4) is 0 Å². The van der Waals surface area contributed by atoms with Crippen molar-refractivity contribution < 1.29 is 33.4 Å². The Morgan fingerprint density at radius 3 is 2.49 bits per heavy atom. The number of halogens is 1. The Morgan fingerprint density at radius 2 is 1.71 bits per heavy atom. The Bertz CT molecular complexity index is 2230. The Balaban J connectivity index is 1.14. The number of ether oxygens (including phenoxy) is 2. The first kappa shape index (κ1) is 32.0. The Kier molecular flexibility index (Phi) is 8.60. The first-order valence-electron chi connectivity index (χ1n) is 15.5. The topological polar surface area (TPSA) is 135 Å². The summed E-state index contributed by atoms with van der Waals surface area (Å²) in [5.41, 5.74) is 4.01. The zero-order chi connectivity index (χ0) is 34.2. The van der Waals surface area contributed by atoms with Crippen molar-refractivity contribution in [2.75, 3.05) is 10.2 Å². The number of anilines is 2. The molecule has 3 heterocycles. The average Bonchev–Trinajstić information content (AvgIpc) is 3.35. The molecule has 0 bridgehead atoms. The van der Waals surface area contributed by atoms with E-state index in [9.17, 15) is 24.3 Å². The van der Waals surface area contributed by atoms with Gasteiger partial charge in [-0.25, -0.2) is 4.90 Å². The molecule has 7 rings (SSSR count). The standard InChI is InChI=1S/C38H29ClN2O8/c1-21-14-26(11-13-31(21)41-37(45)27-12-10-25(39)17-29(27)38(41)46)40-36(44)33-15-24(30-20-47-32-5-3-2-4-28(32)35(30)43)16-34(49-33)48-19-23-8-6-22(18-42)7-9-23/h2-15,17,20,24,34,42H,16,18-19H2,1H3,(H,40,44)/t24-,34+/m1/s1. The predicted octanol–water partition coefficient (Wildman–Crippen LogP) is 6.62. The van der Waals surface area contributed by atoms with E-state index in [1.165, 1.54) is 18.4 Å². The first-order valence-corrected chi connectivity index (χ1v) is 15.9. The predicted molar refractivity (Wildman–Crippen MR) is 182 cm³/mol. The molecule has 1 aromatic heterocycles. The molecule has 4 aromatic carbocycles. The largest absolute Gasteiger partial charge is 0.464 e. The van der Waals surface area contributed by atoms with Crippen LogP contribution in [0, 0.1) is 6.92 Å². The molecule has 246 valence electrons. The molecule has 5 aromatic rings. The van der Waals surface area contributed by atoms with E-state index in [-0.39, 0.29) is 41.9 Å².